The number of aromatic nitrogens is 2. The first-order chi connectivity index (χ1) is 11.3. The number of para-hydroxylation sites is 1. The van der Waals surface area contributed by atoms with Crippen LogP contribution in [0.2, 0.25) is 0 Å². The molecular formula is C16H21N5OS. The monoisotopic (exact) mass is 331 g/mol. The minimum atomic E-state index is 0.494. The van der Waals surface area contributed by atoms with Crippen molar-refractivity contribution >= 4 is 23.5 Å². The summed E-state index contributed by atoms with van der Waals surface area (Å²) in [6.07, 6.45) is 6.24. The van der Waals surface area contributed by atoms with Crippen LogP contribution in [-0.4, -0.2) is 40.9 Å². The molecular weight excluding hydrogens is 310 g/mol. The third-order valence-electron chi connectivity index (χ3n) is 2.96. The van der Waals surface area contributed by atoms with Crippen molar-refractivity contribution in [2.24, 2.45) is 5.10 Å². The Morgan fingerprint density at radius 2 is 2.22 bits per heavy atom. The van der Waals surface area contributed by atoms with Gasteiger partial charge in [0.05, 0.1) is 18.1 Å². The van der Waals surface area contributed by atoms with Crippen molar-refractivity contribution < 1.29 is 4.74 Å². The van der Waals surface area contributed by atoms with Gasteiger partial charge in [-0.1, -0.05) is 18.2 Å². The maximum Gasteiger partial charge on any atom is 0.186 e. The third kappa shape index (κ3) is 6.17. The molecule has 23 heavy (non-hydrogen) atoms. The highest BCUT2D eigenvalue weighted by Gasteiger charge is 1.98. The van der Waals surface area contributed by atoms with Crippen LogP contribution in [0.1, 0.15) is 18.9 Å². The molecule has 122 valence electrons. The molecule has 2 N–H and O–H groups in total. The van der Waals surface area contributed by atoms with E-state index in [0.717, 1.165) is 37.4 Å². The van der Waals surface area contributed by atoms with Gasteiger partial charge in [-0.15, -0.1) is 0 Å². The van der Waals surface area contributed by atoms with Crippen LogP contribution in [0.4, 0.5) is 0 Å². The van der Waals surface area contributed by atoms with E-state index in [9.17, 15) is 0 Å². The van der Waals surface area contributed by atoms with Crippen molar-refractivity contribution in [3.05, 3.63) is 48.3 Å². The van der Waals surface area contributed by atoms with E-state index in [1.807, 2.05) is 43.5 Å². The largest absolute Gasteiger partial charge is 0.382 e. The molecule has 0 saturated carbocycles. The van der Waals surface area contributed by atoms with Gasteiger partial charge in [0.25, 0.3) is 0 Å². The Labute approximate surface area is 141 Å². The average Bonchev–Trinajstić information content (AvgIpc) is 3.04. The molecule has 0 aliphatic carbocycles. The number of benzene rings is 1. The van der Waals surface area contributed by atoms with E-state index in [1.54, 1.807) is 17.1 Å². The molecule has 2 aromatic rings. The highest BCUT2D eigenvalue weighted by atomic mass is 32.1. The van der Waals surface area contributed by atoms with Gasteiger partial charge in [-0.2, -0.15) is 10.2 Å². The second-order valence-electron chi connectivity index (χ2n) is 4.73. The lowest BCUT2D eigenvalue weighted by atomic mass is 10.3. The Hall–Kier alpha value is -2.25. The summed E-state index contributed by atoms with van der Waals surface area (Å²) < 4.78 is 7.05. The number of ether oxygens (including phenoxy) is 1. The van der Waals surface area contributed by atoms with E-state index in [4.69, 9.17) is 17.0 Å². The number of nitrogens with one attached hydrogen (secondary N) is 2. The van der Waals surface area contributed by atoms with Gasteiger partial charge in [0.2, 0.25) is 0 Å². The smallest absolute Gasteiger partial charge is 0.186 e. The highest BCUT2D eigenvalue weighted by Crippen LogP contribution is 2.06. The van der Waals surface area contributed by atoms with Crippen molar-refractivity contribution in [2.45, 2.75) is 13.3 Å². The summed E-state index contributed by atoms with van der Waals surface area (Å²) in [4.78, 5) is 0. The number of hydrogen-bond acceptors (Lipinski definition) is 4. The molecule has 0 unspecified atom stereocenters. The molecule has 0 atom stereocenters. The van der Waals surface area contributed by atoms with E-state index in [1.165, 1.54) is 0 Å². The van der Waals surface area contributed by atoms with Gasteiger partial charge >= 0.3 is 0 Å². The SMILES string of the molecule is CCOCCCNC(=S)N/N=C\c1cnn(-c2ccccc2)c1. The number of rotatable bonds is 8. The summed E-state index contributed by atoms with van der Waals surface area (Å²) in [5, 5.41) is 12.0. The molecule has 0 bridgehead atoms. The summed E-state index contributed by atoms with van der Waals surface area (Å²) in [5.74, 6) is 0. The van der Waals surface area contributed by atoms with Crippen LogP contribution in [0.25, 0.3) is 5.69 Å². The van der Waals surface area contributed by atoms with Gasteiger partial charge < -0.3 is 10.1 Å². The van der Waals surface area contributed by atoms with Gasteiger partial charge in [-0.3, -0.25) is 5.43 Å². The van der Waals surface area contributed by atoms with Gasteiger partial charge in [0.15, 0.2) is 5.11 Å². The lowest BCUT2D eigenvalue weighted by Crippen LogP contribution is -2.33. The van der Waals surface area contributed by atoms with Gasteiger partial charge in [0.1, 0.15) is 0 Å². The van der Waals surface area contributed by atoms with E-state index < -0.39 is 0 Å². The first-order valence-corrected chi connectivity index (χ1v) is 7.95. The normalized spacial score (nSPS) is 10.8. The molecule has 0 aliphatic rings. The second-order valence-corrected chi connectivity index (χ2v) is 5.14. The lowest BCUT2D eigenvalue weighted by Gasteiger charge is -2.06. The van der Waals surface area contributed by atoms with E-state index >= 15 is 0 Å². The van der Waals surface area contributed by atoms with Crippen molar-refractivity contribution in [3.63, 3.8) is 0 Å². The average molecular weight is 331 g/mol. The highest BCUT2D eigenvalue weighted by molar-refractivity contribution is 7.80. The molecule has 2 rings (SSSR count). The molecule has 0 aliphatic heterocycles. The Bertz CT molecular complexity index is 626. The summed E-state index contributed by atoms with van der Waals surface area (Å²) >= 11 is 5.13. The molecule has 1 aromatic carbocycles. The standard InChI is InChI=1S/C16H21N5OS/c1-2-22-10-6-9-17-16(23)20-18-11-14-12-19-21(13-14)15-7-4-3-5-8-15/h3-5,7-8,11-13H,2,6,9-10H2,1H3,(H2,17,20,23)/b18-11-. The maximum atomic E-state index is 5.25. The molecule has 0 fully saturated rings. The molecule has 6 nitrogen and oxygen atoms in total. The predicted octanol–water partition coefficient (Wildman–Crippen LogP) is 2.10. The van der Waals surface area contributed by atoms with Crippen molar-refractivity contribution in [1.29, 1.82) is 0 Å². The first-order valence-electron chi connectivity index (χ1n) is 7.54. The second kappa shape index (κ2) is 9.70. The van der Waals surface area contributed by atoms with E-state index in [0.29, 0.717) is 5.11 Å². The van der Waals surface area contributed by atoms with Crippen LogP contribution < -0.4 is 10.7 Å². The lowest BCUT2D eigenvalue weighted by molar-refractivity contribution is 0.145. The zero-order valence-corrected chi connectivity index (χ0v) is 13.9. The van der Waals surface area contributed by atoms with Crippen LogP contribution in [0.5, 0.6) is 0 Å². The predicted molar refractivity (Wildman–Crippen MR) is 96.0 cm³/mol. The van der Waals surface area contributed by atoms with Crippen LogP contribution in [-0.2, 0) is 4.74 Å². The van der Waals surface area contributed by atoms with Crippen LogP contribution in [0, 0.1) is 0 Å². The molecule has 0 amide bonds. The summed E-state index contributed by atoms with van der Waals surface area (Å²) in [7, 11) is 0. The molecule has 1 heterocycles. The maximum absolute atomic E-state index is 5.25. The summed E-state index contributed by atoms with van der Waals surface area (Å²) in [6.45, 7) is 4.21. The van der Waals surface area contributed by atoms with Crippen molar-refractivity contribution in [2.75, 3.05) is 19.8 Å². The zero-order valence-electron chi connectivity index (χ0n) is 13.1. The van der Waals surface area contributed by atoms with Gasteiger partial charge in [-0.05, 0) is 37.7 Å². The number of nitrogens with zero attached hydrogens (tertiary/aromatic N) is 3. The molecule has 0 radical (unpaired) electrons. The Kier molecular flexibility index (Phi) is 7.22. The molecule has 7 heteroatoms. The van der Waals surface area contributed by atoms with E-state index in [2.05, 4.69) is 20.9 Å². The van der Waals surface area contributed by atoms with Crippen LogP contribution >= 0.6 is 12.2 Å². The van der Waals surface area contributed by atoms with Crippen molar-refractivity contribution in [3.8, 4) is 5.69 Å². The zero-order chi connectivity index (χ0) is 16.3. The fourth-order valence-electron chi connectivity index (χ4n) is 1.85. The molecule has 1 aromatic heterocycles. The molecule has 0 saturated heterocycles. The minimum absolute atomic E-state index is 0.494. The first kappa shape index (κ1) is 17.1. The summed E-state index contributed by atoms with van der Waals surface area (Å²) in [5.41, 5.74) is 4.68. The fraction of sp³-hybridized carbons (Fsp3) is 0.312. The number of thiocarbonyl (C=S) groups is 1. The number of hydrogen-bond donors (Lipinski definition) is 2. The van der Waals surface area contributed by atoms with Crippen LogP contribution in [0.3, 0.4) is 0 Å². The summed E-state index contributed by atoms with van der Waals surface area (Å²) in [6, 6.07) is 9.91. The topological polar surface area (TPSA) is 63.5 Å². The molecule has 0 spiro atoms. The third-order valence-corrected chi connectivity index (χ3v) is 3.19. The quantitative estimate of drug-likeness (QED) is 0.336. The Morgan fingerprint density at radius 1 is 1.39 bits per heavy atom. The van der Waals surface area contributed by atoms with E-state index in [-0.39, 0.29) is 0 Å². The Balaban J connectivity index is 1.73. The minimum Gasteiger partial charge on any atom is -0.382 e. The number of hydrazone groups is 1. The van der Waals surface area contributed by atoms with Crippen LogP contribution in [0.15, 0.2) is 47.8 Å². The van der Waals surface area contributed by atoms with Gasteiger partial charge in [-0.25, -0.2) is 4.68 Å². The Morgan fingerprint density at radius 3 is 3.00 bits per heavy atom. The van der Waals surface area contributed by atoms with Gasteiger partial charge in [0, 0.05) is 31.5 Å². The van der Waals surface area contributed by atoms with Crippen molar-refractivity contribution in [1.82, 2.24) is 20.5 Å². The fourth-order valence-corrected chi connectivity index (χ4v) is 2.01.